The molecule has 0 atom stereocenters. The molecule has 2 aromatic rings. The van der Waals surface area contributed by atoms with Crippen molar-refractivity contribution in [1.29, 1.82) is 0 Å². The molecule has 0 spiro atoms. The van der Waals surface area contributed by atoms with Gasteiger partial charge in [0.25, 0.3) is 0 Å². The fourth-order valence-electron chi connectivity index (χ4n) is 1.81. The van der Waals surface area contributed by atoms with E-state index in [1.165, 1.54) is 10.9 Å². The number of carbonyl (C=O) groups excluding carboxylic acids is 1. The van der Waals surface area contributed by atoms with Crippen LogP contribution in [0.15, 0.2) is 24.4 Å². The molecular weight excluding hydrogens is 202 g/mol. The Morgan fingerprint density at radius 1 is 1.44 bits per heavy atom. The van der Waals surface area contributed by atoms with Gasteiger partial charge in [-0.3, -0.25) is 0 Å². The molecule has 0 saturated heterocycles. The smallest absolute Gasteiger partial charge is 0.130 e. The summed E-state index contributed by atoms with van der Waals surface area (Å²) in [4.78, 5) is 14.1. The van der Waals surface area contributed by atoms with Crippen LogP contribution >= 0.6 is 0 Å². The van der Waals surface area contributed by atoms with Gasteiger partial charge < -0.3 is 14.5 Å². The normalized spacial score (nSPS) is 10.6. The second-order valence-corrected chi connectivity index (χ2v) is 3.93. The first-order valence-corrected chi connectivity index (χ1v) is 5.34. The predicted molar refractivity (Wildman–Crippen MR) is 63.9 cm³/mol. The molecule has 0 aliphatic carbocycles. The van der Waals surface area contributed by atoms with Crippen LogP contribution in [-0.2, 0) is 11.2 Å². The summed E-state index contributed by atoms with van der Waals surface area (Å²) in [7, 11) is 1.65. The highest BCUT2D eigenvalue weighted by Gasteiger charge is 2.05. The Bertz CT molecular complexity index is 514. The summed E-state index contributed by atoms with van der Waals surface area (Å²) >= 11 is 0. The van der Waals surface area contributed by atoms with Crippen LogP contribution < -0.4 is 4.74 Å². The van der Waals surface area contributed by atoms with Crippen LogP contribution in [0, 0.1) is 0 Å². The van der Waals surface area contributed by atoms with Crippen molar-refractivity contribution in [2.45, 2.75) is 19.8 Å². The zero-order valence-electron chi connectivity index (χ0n) is 9.54. The molecule has 2 rings (SSSR count). The predicted octanol–water partition coefficient (Wildman–Crippen LogP) is 2.70. The summed E-state index contributed by atoms with van der Waals surface area (Å²) in [6.07, 6.45) is 3.35. The third-order valence-electron chi connectivity index (χ3n) is 2.72. The Kier molecular flexibility index (Phi) is 2.95. The molecule has 0 aliphatic heterocycles. The molecule has 0 fully saturated rings. The lowest BCUT2D eigenvalue weighted by Gasteiger charge is -2.00. The minimum absolute atomic E-state index is 0.225. The number of hydrogen-bond donors (Lipinski definition) is 1. The van der Waals surface area contributed by atoms with Gasteiger partial charge in [0.05, 0.1) is 7.11 Å². The number of benzene rings is 1. The number of Topliss-reactive ketones (excluding diaryl/α,β-unsaturated/α-hetero) is 1. The molecule has 0 unspecified atom stereocenters. The molecule has 3 nitrogen and oxygen atoms in total. The first-order chi connectivity index (χ1) is 7.70. The fraction of sp³-hybridized carbons (Fsp3) is 0.308. The Morgan fingerprint density at radius 3 is 2.94 bits per heavy atom. The number of rotatable bonds is 4. The van der Waals surface area contributed by atoms with E-state index in [4.69, 9.17) is 4.74 Å². The van der Waals surface area contributed by atoms with Crippen molar-refractivity contribution >= 4 is 16.7 Å². The van der Waals surface area contributed by atoms with E-state index in [9.17, 15) is 4.79 Å². The zero-order chi connectivity index (χ0) is 11.5. The molecule has 0 bridgehead atoms. The van der Waals surface area contributed by atoms with Gasteiger partial charge in [-0.1, -0.05) is 0 Å². The van der Waals surface area contributed by atoms with Gasteiger partial charge in [0.1, 0.15) is 11.5 Å². The van der Waals surface area contributed by atoms with Crippen LogP contribution in [0.1, 0.15) is 18.9 Å². The van der Waals surface area contributed by atoms with E-state index in [1.807, 2.05) is 24.4 Å². The molecule has 0 radical (unpaired) electrons. The third kappa shape index (κ3) is 2.08. The van der Waals surface area contributed by atoms with Gasteiger partial charge in [0.15, 0.2) is 0 Å². The summed E-state index contributed by atoms with van der Waals surface area (Å²) in [6.45, 7) is 1.62. The highest BCUT2D eigenvalue weighted by atomic mass is 16.5. The number of ether oxygens (including phenoxy) is 1. The lowest BCUT2D eigenvalue weighted by Crippen LogP contribution is -1.92. The number of methoxy groups -OCH3 is 1. The molecule has 0 amide bonds. The first-order valence-electron chi connectivity index (χ1n) is 5.34. The maximum absolute atomic E-state index is 10.9. The van der Waals surface area contributed by atoms with Crippen molar-refractivity contribution in [2.24, 2.45) is 0 Å². The number of nitrogens with one attached hydrogen (secondary N) is 1. The SMILES string of the molecule is COc1ccc2c(CCC(C)=O)c[nH]c2c1. The number of fused-ring (bicyclic) bond motifs is 1. The highest BCUT2D eigenvalue weighted by molar-refractivity contribution is 5.85. The van der Waals surface area contributed by atoms with Crippen LogP contribution in [0.25, 0.3) is 10.9 Å². The van der Waals surface area contributed by atoms with Gasteiger partial charge in [-0.05, 0) is 31.0 Å². The van der Waals surface area contributed by atoms with E-state index in [-0.39, 0.29) is 5.78 Å². The summed E-state index contributed by atoms with van der Waals surface area (Å²) < 4.78 is 5.16. The fourth-order valence-corrected chi connectivity index (χ4v) is 1.81. The van der Waals surface area contributed by atoms with Crippen LogP contribution in [0.4, 0.5) is 0 Å². The number of H-pyrrole nitrogens is 1. The number of hydrogen-bond acceptors (Lipinski definition) is 2. The van der Waals surface area contributed by atoms with Crippen molar-refractivity contribution in [3.8, 4) is 5.75 Å². The lowest BCUT2D eigenvalue weighted by molar-refractivity contribution is -0.116. The van der Waals surface area contributed by atoms with Crippen LogP contribution in [0.2, 0.25) is 0 Å². The molecule has 1 aromatic heterocycles. The summed E-state index contributed by atoms with van der Waals surface area (Å²) in [5.41, 5.74) is 2.24. The largest absolute Gasteiger partial charge is 0.497 e. The van der Waals surface area contributed by atoms with Gasteiger partial charge >= 0.3 is 0 Å². The second-order valence-electron chi connectivity index (χ2n) is 3.93. The summed E-state index contributed by atoms with van der Waals surface area (Å²) in [5.74, 6) is 1.07. The topological polar surface area (TPSA) is 42.1 Å². The van der Waals surface area contributed by atoms with Gasteiger partial charge in [-0.15, -0.1) is 0 Å². The Balaban J connectivity index is 2.30. The van der Waals surface area contributed by atoms with E-state index in [0.29, 0.717) is 6.42 Å². The molecule has 16 heavy (non-hydrogen) atoms. The summed E-state index contributed by atoms with van der Waals surface area (Å²) in [6, 6.07) is 5.93. The molecular formula is C13H15NO2. The molecule has 0 saturated carbocycles. The monoisotopic (exact) mass is 217 g/mol. The average molecular weight is 217 g/mol. The van der Waals surface area contributed by atoms with Crippen LogP contribution in [0.5, 0.6) is 5.75 Å². The van der Waals surface area contributed by atoms with Crippen LogP contribution in [-0.4, -0.2) is 17.9 Å². The van der Waals surface area contributed by atoms with E-state index >= 15 is 0 Å². The lowest BCUT2D eigenvalue weighted by atomic mass is 10.1. The minimum Gasteiger partial charge on any atom is -0.497 e. The van der Waals surface area contributed by atoms with Gasteiger partial charge in [0, 0.05) is 29.6 Å². The van der Waals surface area contributed by atoms with Gasteiger partial charge in [-0.25, -0.2) is 0 Å². The molecule has 1 N–H and O–H groups in total. The van der Waals surface area contributed by atoms with E-state index in [0.717, 1.165) is 17.7 Å². The maximum Gasteiger partial charge on any atom is 0.130 e. The Hall–Kier alpha value is -1.77. The number of ketones is 1. The van der Waals surface area contributed by atoms with Crippen molar-refractivity contribution in [1.82, 2.24) is 4.98 Å². The minimum atomic E-state index is 0.225. The van der Waals surface area contributed by atoms with Crippen molar-refractivity contribution in [3.63, 3.8) is 0 Å². The second kappa shape index (κ2) is 4.39. The van der Waals surface area contributed by atoms with Gasteiger partial charge in [-0.2, -0.15) is 0 Å². The molecule has 1 aromatic carbocycles. The number of aromatic nitrogens is 1. The molecule has 1 heterocycles. The van der Waals surface area contributed by atoms with E-state index < -0.39 is 0 Å². The average Bonchev–Trinajstić information content (AvgIpc) is 2.68. The van der Waals surface area contributed by atoms with Crippen molar-refractivity contribution in [2.75, 3.05) is 7.11 Å². The third-order valence-corrected chi connectivity index (χ3v) is 2.72. The summed E-state index contributed by atoms with van der Waals surface area (Å²) in [5, 5.41) is 1.17. The molecule has 0 aliphatic rings. The van der Waals surface area contributed by atoms with E-state index in [1.54, 1.807) is 14.0 Å². The van der Waals surface area contributed by atoms with Crippen molar-refractivity contribution in [3.05, 3.63) is 30.0 Å². The quantitative estimate of drug-likeness (QED) is 0.855. The first kappa shape index (κ1) is 10.7. The van der Waals surface area contributed by atoms with E-state index in [2.05, 4.69) is 4.98 Å². The number of aromatic amines is 1. The van der Waals surface area contributed by atoms with Crippen molar-refractivity contribution < 1.29 is 9.53 Å². The number of carbonyl (C=O) groups is 1. The van der Waals surface area contributed by atoms with Crippen LogP contribution in [0.3, 0.4) is 0 Å². The Labute approximate surface area is 94.4 Å². The molecule has 3 heteroatoms. The number of aryl methyl sites for hydroxylation is 1. The van der Waals surface area contributed by atoms with Gasteiger partial charge in [0.2, 0.25) is 0 Å². The zero-order valence-corrected chi connectivity index (χ0v) is 9.54. The standard InChI is InChI=1S/C13H15NO2/c1-9(15)3-4-10-8-14-13-7-11(16-2)5-6-12(10)13/h5-8,14H,3-4H2,1-2H3. The highest BCUT2D eigenvalue weighted by Crippen LogP contribution is 2.23. The molecule has 84 valence electrons. The maximum atomic E-state index is 10.9. The Morgan fingerprint density at radius 2 is 2.25 bits per heavy atom.